The number of thioether (sulfide) groups is 1. The lowest BCUT2D eigenvalue weighted by atomic mass is 10.3. The molecule has 3 rings (SSSR count). The Labute approximate surface area is 157 Å². The molecule has 0 amide bonds. The molecular weight excluding hydrogens is 352 g/mol. The summed E-state index contributed by atoms with van der Waals surface area (Å²) in [7, 11) is 0. The van der Waals surface area contributed by atoms with E-state index in [1.54, 1.807) is 0 Å². The first-order valence-corrected chi connectivity index (χ1v) is 9.82. The number of hydrogen-bond donors (Lipinski definition) is 0. The Morgan fingerprint density at radius 3 is 2.58 bits per heavy atom. The van der Waals surface area contributed by atoms with Crippen molar-refractivity contribution >= 4 is 29.4 Å². The lowest BCUT2D eigenvalue weighted by Crippen LogP contribution is -2.20. The molecule has 2 heterocycles. The number of ether oxygens (including phenoxy) is 2. The molecular formula is C18H24N4O3S. The second-order valence-corrected chi connectivity index (χ2v) is 6.95. The normalized spacial score (nSPS) is 14.2. The van der Waals surface area contributed by atoms with E-state index >= 15 is 0 Å². The molecule has 2 aromatic rings. The number of anilines is 2. The molecule has 1 aromatic carbocycles. The van der Waals surface area contributed by atoms with Crippen molar-refractivity contribution in [3.63, 3.8) is 0 Å². The molecule has 1 aliphatic heterocycles. The van der Waals surface area contributed by atoms with Crippen molar-refractivity contribution in [2.75, 3.05) is 24.7 Å². The van der Waals surface area contributed by atoms with E-state index in [4.69, 9.17) is 9.47 Å². The minimum Gasteiger partial charge on any atom is -0.494 e. The highest BCUT2D eigenvalue weighted by molar-refractivity contribution is 8.00. The van der Waals surface area contributed by atoms with Gasteiger partial charge < -0.3 is 14.4 Å². The van der Waals surface area contributed by atoms with Crippen molar-refractivity contribution in [3.05, 3.63) is 24.3 Å². The molecule has 0 fully saturated rings. The van der Waals surface area contributed by atoms with Crippen LogP contribution in [0.1, 0.15) is 27.2 Å². The molecule has 1 unspecified atom stereocenters. The zero-order valence-corrected chi connectivity index (χ0v) is 16.2. The van der Waals surface area contributed by atoms with Crippen LogP contribution in [0.25, 0.3) is 0 Å². The molecule has 0 N–H and O–H groups in total. The average Bonchev–Trinajstić information content (AvgIpc) is 3.23. The second kappa shape index (κ2) is 8.44. The predicted octanol–water partition coefficient (Wildman–Crippen LogP) is 3.26. The van der Waals surface area contributed by atoms with Crippen molar-refractivity contribution in [2.45, 2.75) is 44.1 Å². The summed E-state index contributed by atoms with van der Waals surface area (Å²) in [6.45, 7) is 8.41. The van der Waals surface area contributed by atoms with Crippen molar-refractivity contribution in [1.29, 1.82) is 0 Å². The summed E-state index contributed by atoms with van der Waals surface area (Å²) in [6, 6.07) is 7.97. The third-order valence-electron chi connectivity index (χ3n) is 4.11. The summed E-state index contributed by atoms with van der Waals surface area (Å²) in [4.78, 5) is 14.2. The number of carbonyl (C=O) groups is 1. The van der Waals surface area contributed by atoms with Crippen LogP contribution >= 0.6 is 11.8 Å². The Morgan fingerprint density at radius 1 is 1.15 bits per heavy atom. The van der Waals surface area contributed by atoms with E-state index in [0.29, 0.717) is 19.6 Å². The number of esters is 1. The third kappa shape index (κ3) is 3.80. The number of rotatable bonds is 8. The lowest BCUT2D eigenvalue weighted by Gasteiger charge is -2.15. The van der Waals surface area contributed by atoms with Gasteiger partial charge >= 0.3 is 5.97 Å². The summed E-state index contributed by atoms with van der Waals surface area (Å²) in [5.74, 6) is 1.46. The molecule has 0 bridgehead atoms. The zero-order chi connectivity index (χ0) is 18.5. The van der Waals surface area contributed by atoms with Gasteiger partial charge in [0.15, 0.2) is 5.16 Å². The first-order chi connectivity index (χ1) is 12.7. The molecule has 8 heteroatoms. The van der Waals surface area contributed by atoms with Crippen LogP contribution in [0.15, 0.2) is 29.4 Å². The number of fused-ring (bicyclic) bond motifs is 1. The van der Waals surface area contributed by atoms with Gasteiger partial charge in [0.1, 0.15) is 11.0 Å². The second-order valence-electron chi connectivity index (χ2n) is 5.78. The van der Waals surface area contributed by atoms with Gasteiger partial charge in [0.2, 0.25) is 5.95 Å². The van der Waals surface area contributed by atoms with Gasteiger partial charge in [0.25, 0.3) is 0 Å². The zero-order valence-electron chi connectivity index (χ0n) is 15.3. The van der Waals surface area contributed by atoms with Gasteiger partial charge in [-0.1, -0.05) is 18.7 Å². The van der Waals surface area contributed by atoms with Crippen molar-refractivity contribution < 1.29 is 14.3 Å². The molecule has 7 nitrogen and oxygen atoms in total. The van der Waals surface area contributed by atoms with Crippen LogP contribution in [0, 0.1) is 0 Å². The highest BCUT2D eigenvalue weighted by Crippen LogP contribution is 2.34. The Kier molecular flexibility index (Phi) is 6.03. The van der Waals surface area contributed by atoms with Crippen LogP contribution in [0.2, 0.25) is 0 Å². The van der Waals surface area contributed by atoms with Crippen LogP contribution in [0.4, 0.5) is 11.6 Å². The highest BCUT2D eigenvalue weighted by Gasteiger charge is 2.29. The van der Waals surface area contributed by atoms with Crippen LogP contribution < -0.4 is 9.64 Å². The molecule has 0 saturated carbocycles. The fraction of sp³-hybridized carbons (Fsp3) is 0.500. The summed E-state index contributed by atoms with van der Waals surface area (Å²) in [5, 5.41) is 9.13. The SMILES string of the molecule is CCOC(=O)C(CC)Sc1nnc2n1CCN2c1ccc(OCC)cc1. The molecule has 1 atom stereocenters. The summed E-state index contributed by atoms with van der Waals surface area (Å²) >= 11 is 1.42. The standard InChI is InChI=1S/C18H24N4O3S/c1-4-15(16(23)25-6-3)26-18-20-19-17-21(11-12-22(17)18)13-7-9-14(10-8-13)24-5-2/h7-10,15H,4-6,11-12H2,1-3H3. The first kappa shape index (κ1) is 18.6. The molecule has 0 radical (unpaired) electrons. The van der Waals surface area contributed by atoms with Gasteiger partial charge in [0.05, 0.1) is 13.2 Å². The van der Waals surface area contributed by atoms with E-state index in [1.807, 2.05) is 45.0 Å². The Hall–Kier alpha value is -2.22. The van der Waals surface area contributed by atoms with Crippen LogP contribution in [-0.4, -0.2) is 45.7 Å². The summed E-state index contributed by atoms with van der Waals surface area (Å²) in [6.07, 6.45) is 0.689. The van der Waals surface area contributed by atoms with Crippen LogP contribution in [0.5, 0.6) is 5.75 Å². The lowest BCUT2D eigenvalue weighted by molar-refractivity contribution is -0.142. The van der Waals surface area contributed by atoms with E-state index in [0.717, 1.165) is 35.6 Å². The largest absolute Gasteiger partial charge is 0.494 e. The maximum Gasteiger partial charge on any atom is 0.319 e. The first-order valence-electron chi connectivity index (χ1n) is 8.94. The molecule has 0 aliphatic carbocycles. The molecule has 140 valence electrons. The average molecular weight is 376 g/mol. The Morgan fingerprint density at radius 2 is 1.92 bits per heavy atom. The van der Waals surface area contributed by atoms with Gasteiger partial charge in [-0.2, -0.15) is 0 Å². The minimum absolute atomic E-state index is 0.196. The van der Waals surface area contributed by atoms with Crippen LogP contribution in [0.3, 0.4) is 0 Å². The number of benzene rings is 1. The van der Waals surface area contributed by atoms with Crippen LogP contribution in [-0.2, 0) is 16.1 Å². The minimum atomic E-state index is -0.261. The van der Waals surface area contributed by atoms with E-state index < -0.39 is 0 Å². The van der Waals surface area contributed by atoms with Gasteiger partial charge in [-0.05, 0) is 44.5 Å². The van der Waals surface area contributed by atoms with E-state index in [9.17, 15) is 4.79 Å². The predicted molar refractivity (Wildman–Crippen MR) is 101 cm³/mol. The van der Waals surface area contributed by atoms with Gasteiger partial charge in [-0.3, -0.25) is 9.36 Å². The Balaban J connectivity index is 1.75. The third-order valence-corrected chi connectivity index (χ3v) is 5.44. The highest BCUT2D eigenvalue weighted by atomic mass is 32.2. The number of aromatic nitrogens is 3. The molecule has 0 saturated heterocycles. The molecule has 1 aliphatic rings. The number of nitrogens with zero attached hydrogens (tertiary/aromatic N) is 4. The maximum absolute atomic E-state index is 12.0. The Bertz CT molecular complexity index is 747. The number of hydrogen-bond acceptors (Lipinski definition) is 7. The van der Waals surface area contributed by atoms with Gasteiger partial charge in [-0.15, -0.1) is 10.2 Å². The monoisotopic (exact) mass is 376 g/mol. The van der Waals surface area contributed by atoms with E-state index in [2.05, 4.69) is 19.7 Å². The van der Waals surface area contributed by atoms with E-state index in [-0.39, 0.29) is 11.2 Å². The fourth-order valence-electron chi connectivity index (χ4n) is 2.86. The maximum atomic E-state index is 12.0. The smallest absolute Gasteiger partial charge is 0.319 e. The van der Waals surface area contributed by atoms with Gasteiger partial charge in [0, 0.05) is 18.8 Å². The molecule has 0 spiro atoms. The van der Waals surface area contributed by atoms with E-state index in [1.165, 1.54) is 11.8 Å². The topological polar surface area (TPSA) is 69.5 Å². The van der Waals surface area contributed by atoms with Crippen molar-refractivity contribution in [1.82, 2.24) is 14.8 Å². The quantitative estimate of drug-likeness (QED) is 0.517. The summed E-state index contributed by atoms with van der Waals surface area (Å²) in [5.41, 5.74) is 1.05. The van der Waals surface area contributed by atoms with Gasteiger partial charge in [-0.25, -0.2) is 0 Å². The fourth-order valence-corrected chi connectivity index (χ4v) is 3.83. The molecule has 26 heavy (non-hydrogen) atoms. The van der Waals surface area contributed by atoms with Crippen molar-refractivity contribution in [2.24, 2.45) is 0 Å². The summed E-state index contributed by atoms with van der Waals surface area (Å²) < 4.78 is 12.7. The molecule has 1 aromatic heterocycles. The van der Waals surface area contributed by atoms with Crippen molar-refractivity contribution in [3.8, 4) is 5.75 Å². The number of carbonyl (C=O) groups excluding carboxylic acids is 1.